The van der Waals surface area contributed by atoms with Crippen LogP contribution in [-0.4, -0.2) is 15.9 Å². The van der Waals surface area contributed by atoms with E-state index in [4.69, 9.17) is 0 Å². The van der Waals surface area contributed by atoms with E-state index in [-0.39, 0.29) is 18.9 Å². The first-order valence-corrected chi connectivity index (χ1v) is 7.56. The van der Waals surface area contributed by atoms with Crippen LogP contribution >= 0.6 is 15.9 Å². The SMILES string of the molecule is O=C(Cc1cccc(Br)c1F)NCc1nc2ccccc2[nH]1. The number of carbonyl (C=O) groups excluding carboxylic acids is 1. The zero-order valence-corrected chi connectivity index (χ0v) is 13.2. The van der Waals surface area contributed by atoms with Gasteiger partial charge in [0.05, 0.1) is 28.5 Å². The molecule has 22 heavy (non-hydrogen) atoms. The highest BCUT2D eigenvalue weighted by molar-refractivity contribution is 9.10. The van der Waals surface area contributed by atoms with Crippen LogP contribution in [0.4, 0.5) is 4.39 Å². The summed E-state index contributed by atoms with van der Waals surface area (Å²) in [7, 11) is 0. The number of aromatic nitrogens is 2. The lowest BCUT2D eigenvalue weighted by atomic mass is 10.1. The Labute approximate surface area is 134 Å². The molecule has 0 spiro atoms. The normalized spacial score (nSPS) is 10.8. The zero-order valence-electron chi connectivity index (χ0n) is 11.6. The summed E-state index contributed by atoms with van der Waals surface area (Å²) < 4.78 is 14.2. The Morgan fingerprint density at radius 2 is 2.05 bits per heavy atom. The molecule has 112 valence electrons. The minimum atomic E-state index is -0.401. The molecule has 0 fully saturated rings. The summed E-state index contributed by atoms with van der Waals surface area (Å²) in [5.74, 6) is 0.0168. The Morgan fingerprint density at radius 1 is 1.23 bits per heavy atom. The number of para-hydroxylation sites is 2. The minimum Gasteiger partial charge on any atom is -0.349 e. The largest absolute Gasteiger partial charge is 0.349 e. The summed E-state index contributed by atoms with van der Waals surface area (Å²) in [5.41, 5.74) is 2.13. The van der Waals surface area contributed by atoms with Crippen LogP contribution in [0.2, 0.25) is 0 Å². The van der Waals surface area contributed by atoms with Crippen molar-refractivity contribution in [3.63, 3.8) is 0 Å². The Bertz CT molecular complexity index is 798. The molecular weight excluding hydrogens is 349 g/mol. The number of hydrogen-bond acceptors (Lipinski definition) is 2. The van der Waals surface area contributed by atoms with Gasteiger partial charge in [-0.15, -0.1) is 0 Å². The standard InChI is InChI=1S/C16H13BrFN3O/c17-11-5-3-4-10(16(11)18)8-15(22)19-9-14-20-12-6-1-2-7-13(12)21-14/h1-7H,8-9H2,(H,19,22)(H,20,21). The van der Waals surface area contributed by atoms with Crippen molar-refractivity contribution in [2.75, 3.05) is 0 Å². The fourth-order valence-corrected chi connectivity index (χ4v) is 2.60. The van der Waals surface area contributed by atoms with Gasteiger partial charge in [0, 0.05) is 0 Å². The van der Waals surface area contributed by atoms with Crippen molar-refractivity contribution < 1.29 is 9.18 Å². The van der Waals surface area contributed by atoms with Gasteiger partial charge >= 0.3 is 0 Å². The lowest BCUT2D eigenvalue weighted by Crippen LogP contribution is -2.25. The van der Waals surface area contributed by atoms with Gasteiger partial charge in [0.1, 0.15) is 11.6 Å². The number of halogens is 2. The Kier molecular flexibility index (Phi) is 4.20. The van der Waals surface area contributed by atoms with Gasteiger partial charge in [-0.05, 0) is 39.7 Å². The summed E-state index contributed by atoms with van der Waals surface area (Å²) in [6.45, 7) is 0.281. The molecule has 1 amide bonds. The third-order valence-corrected chi connectivity index (χ3v) is 3.89. The second kappa shape index (κ2) is 6.27. The number of benzene rings is 2. The van der Waals surface area contributed by atoms with Crippen molar-refractivity contribution in [2.45, 2.75) is 13.0 Å². The van der Waals surface area contributed by atoms with Crippen molar-refractivity contribution in [2.24, 2.45) is 0 Å². The fourth-order valence-electron chi connectivity index (χ4n) is 2.19. The topological polar surface area (TPSA) is 57.8 Å². The number of imidazole rings is 1. The molecule has 0 saturated carbocycles. The third-order valence-electron chi connectivity index (χ3n) is 3.27. The predicted molar refractivity (Wildman–Crippen MR) is 85.7 cm³/mol. The maximum atomic E-state index is 13.8. The van der Waals surface area contributed by atoms with Gasteiger partial charge in [0.2, 0.25) is 5.91 Å². The molecule has 0 saturated heterocycles. The molecule has 0 aliphatic heterocycles. The molecule has 0 radical (unpaired) electrons. The summed E-state index contributed by atoms with van der Waals surface area (Å²) in [6, 6.07) is 12.5. The highest BCUT2D eigenvalue weighted by Gasteiger charge is 2.11. The molecule has 0 aliphatic rings. The second-order valence-electron chi connectivity index (χ2n) is 4.87. The molecule has 3 rings (SSSR count). The highest BCUT2D eigenvalue weighted by Crippen LogP contribution is 2.18. The van der Waals surface area contributed by atoms with Gasteiger partial charge in [0.25, 0.3) is 0 Å². The fraction of sp³-hybridized carbons (Fsp3) is 0.125. The van der Waals surface area contributed by atoms with E-state index in [1.165, 1.54) is 0 Å². The number of nitrogens with zero attached hydrogens (tertiary/aromatic N) is 1. The number of H-pyrrole nitrogens is 1. The lowest BCUT2D eigenvalue weighted by molar-refractivity contribution is -0.120. The van der Waals surface area contributed by atoms with Crippen LogP contribution in [0.5, 0.6) is 0 Å². The van der Waals surface area contributed by atoms with Gasteiger partial charge in [0.15, 0.2) is 0 Å². The monoisotopic (exact) mass is 361 g/mol. The first kappa shape index (κ1) is 14.7. The molecule has 0 bridgehead atoms. The van der Waals surface area contributed by atoms with E-state index in [9.17, 15) is 9.18 Å². The minimum absolute atomic E-state index is 0.00843. The number of fused-ring (bicyclic) bond motifs is 1. The van der Waals surface area contributed by atoms with E-state index in [1.54, 1.807) is 18.2 Å². The van der Waals surface area contributed by atoms with Crippen molar-refractivity contribution in [3.05, 3.63) is 64.1 Å². The lowest BCUT2D eigenvalue weighted by Gasteiger charge is -2.05. The van der Waals surface area contributed by atoms with E-state index < -0.39 is 5.82 Å². The summed E-state index contributed by atoms with van der Waals surface area (Å²) >= 11 is 3.11. The summed E-state index contributed by atoms with van der Waals surface area (Å²) in [4.78, 5) is 19.4. The molecular formula is C16H13BrFN3O. The van der Waals surface area contributed by atoms with Crippen LogP contribution < -0.4 is 5.32 Å². The number of carbonyl (C=O) groups is 1. The molecule has 4 nitrogen and oxygen atoms in total. The van der Waals surface area contributed by atoms with E-state index in [0.717, 1.165) is 11.0 Å². The van der Waals surface area contributed by atoms with Crippen molar-refractivity contribution >= 4 is 32.9 Å². The van der Waals surface area contributed by atoms with Crippen molar-refractivity contribution in [1.82, 2.24) is 15.3 Å². The van der Waals surface area contributed by atoms with E-state index >= 15 is 0 Å². The van der Waals surface area contributed by atoms with Crippen LogP contribution in [0.25, 0.3) is 11.0 Å². The third kappa shape index (κ3) is 3.17. The van der Waals surface area contributed by atoms with Crippen molar-refractivity contribution in [1.29, 1.82) is 0 Å². The average Bonchev–Trinajstić information content (AvgIpc) is 2.93. The molecule has 0 atom stereocenters. The Balaban J connectivity index is 1.63. The van der Waals surface area contributed by atoms with Gasteiger partial charge in [-0.2, -0.15) is 0 Å². The van der Waals surface area contributed by atoms with Crippen LogP contribution in [0.3, 0.4) is 0 Å². The van der Waals surface area contributed by atoms with Crippen molar-refractivity contribution in [3.8, 4) is 0 Å². The molecule has 2 N–H and O–H groups in total. The molecule has 2 aromatic carbocycles. The summed E-state index contributed by atoms with van der Waals surface area (Å²) in [6.07, 6.45) is -0.00843. The molecule has 1 aromatic heterocycles. The number of rotatable bonds is 4. The van der Waals surface area contributed by atoms with Gasteiger partial charge < -0.3 is 10.3 Å². The van der Waals surface area contributed by atoms with Gasteiger partial charge in [-0.1, -0.05) is 24.3 Å². The smallest absolute Gasteiger partial charge is 0.224 e. The molecule has 6 heteroatoms. The molecule has 3 aromatic rings. The molecule has 1 heterocycles. The number of hydrogen-bond donors (Lipinski definition) is 2. The maximum Gasteiger partial charge on any atom is 0.224 e. The first-order valence-electron chi connectivity index (χ1n) is 6.76. The van der Waals surface area contributed by atoms with Gasteiger partial charge in [-0.25, -0.2) is 9.37 Å². The van der Waals surface area contributed by atoms with E-state index in [0.29, 0.717) is 15.9 Å². The molecule has 0 aliphatic carbocycles. The average molecular weight is 362 g/mol. The van der Waals surface area contributed by atoms with Gasteiger partial charge in [-0.3, -0.25) is 4.79 Å². The Morgan fingerprint density at radius 3 is 2.86 bits per heavy atom. The quantitative estimate of drug-likeness (QED) is 0.748. The van der Waals surface area contributed by atoms with Crippen LogP contribution in [0.15, 0.2) is 46.9 Å². The number of aromatic amines is 1. The van der Waals surface area contributed by atoms with Crippen LogP contribution in [0.1, 0.15) is 11.4 Å². The maximum absolute atomic E-state index is 13.8. The van der Waals surface area contributed by atoms with E-state index in [1.807, 2.05) is 24.3 Å². The highest BCUT2D eigenvalue weighted by atomic mass is 79.9. The van der Waals surface area contributed by atoms with Crippen LogP contribution in [-0.2, 0) is 17.8 Å². The zero-order chi connectivity index (χ0) is 15.5. The predicted octanol–water partition coefficient (Wildman–Crippen LogP) is 3.32. The number of amides is 1. The Hall–Kier alpha value is -2.21. The number of nitrogens with one attached hydrogen (secondary N) is 2. The summed E-state index contributed by atoms with van der Waals surface area (Å²) in [5, 5.41) is 2.74. The second-order valence-corrected chi connectivity index (χ2v) is 5.72. The van der Waals surface area contributed by atoms with Crippen LogP contribution in [0, 0.1) is 5.82 Å². The van der Waals surface area contributed by atoms with E-state index in [2.05, 4.69) is 31.2 Å². The first-order chi connectivity index (χ1) is 10.6. The molecule has 0 unspecified atom stereocenters.